The van der Waals surface area contributed by atoms with E-state index in [2.05, 4.69) is 5.32 Å². The van der Waals surface area contributed by atoms with Gasteiger partial charge in [0.1, 0.15) is 18.5 Å². The van der Waals surface area contributed by atoms with Crippen LogP contribution in [0.4, 0.5) is 0 Å². The summed E-state index contributed by atoms with van der Waals surface area (Å²) in [6.45, 7) is 2.20. The number of ether oxygens (including phenoxy) is 2. The van der Waals surface area contributed by atoms with Crippen LogP contribution in [0.5, 0.6) is 5.75 Å². The van der Waals surface area contributed by atoms with E-state index in [4.69, 9.17) is 21.1 Å². The molecular weight excluding hydrogens is 290 g/mol. The topological polar surface area (TPSA) is 50.7 Å². The SMILES string of the molecule is OC(CNCCOC1CCCC1)COc1cccc(Cl)c1. The first-order valence-electron chi connectivity index (χ1n) is 7.63. The number of aliphatic hydroxyl groups is 1. The predicted octanol–water partition coefficient (Wildman–Crippen LogP) is 2.63. The van der Waals surface area contributed by atoms with E-state index in [-0.39, 0.29) is 6.61 Å². The summed E-state index contributed by atoms with van der Waals surface area (Å²) in [5, 5.41) is 13.6. The number of benzene rings is 1. The molecule has 1 aromatic carbocycles. The van der Waals surface area contributed by atoms with Crippen LogP contribution in [0.15, 0.2) is 24.3 Å². The molecule has 1 atom stereocenters. The zero-order valence-corrected chi connectivity index (χ0v) is 13.0. The summed E-state index contributed by atoms with van der Waals surface area (Å²) in [6.07, 6.45) is 4.86. The molecule has 5 heteroatoms. The van der Waals surface area contributed by atoms with Gasteiger partial charge in [-0.3, -0.25) is 0 Å². The fourth-order valence-electron chi connectivity index (χ4n) is 2.43. The van der Waals surface area contributed by atoms with Crippen LogP contribution in [0.3, 0.4) is 0 Å². The third-order valence-corrected chi connectivity index (χ3v) is 3.79. The normalized spacial score (nSPS) is 17.0. The van der Waals surface area contributed by atoms with Crippen LogP contribution in [0.2, 0.25) is 5.02 Å². The lowest BCUT2D eigenvalue weighted by atomic mass is 10.3. The van der Waals surface area contributed by atoms with Gasteiger partial charge in [-0.2, -0.15) is 0 Å². The maximum Gasteiger partial charge on any atom is 0.120 e. The second kappa shape index (κ2) is 9.26. The molecule has 0 aromatic heterocycles. The van der Waals surface area contributed by atoms with Gasteiger partial charge in [0.2, 0.25) is 0 Å². The molecule has 1 aliphatic rings. The van der Waals surface area contributed by atoms with Gasteiger partial charge in [-0.15, -0.1) is 0 Å². The van der Waals surface area contributed by atoms with Crippen LogP contribution in [-0.4, -0.2) is 43.6 Å². The van der Waals surface area contributed by atoms with Crippen molar-refractivity contribution in [3.8, 4) is 5.75 Å². The molecule has 0 spiro atoms. The molecule has 1 saturated carbocycles. The summed E-state index contributed by atoms with van der Waals surface area (Å²) in [5.74, 6) is 0.672. The van der Waals surface area contributed by atoms with Crippen molar-refractivity contribution in [2.45, 2.75) is 37.9 Å². The Balaban J connectivity index is 1.50. The predicted molar refractivity (Wildman–Crippen MR) is 84.0 cm³/mol. The Labute approximate surface area is 131 Å². The molecule has 1 aliphatic carbocycles. The summed E-state index contributed by atoms with van der Waals surface area (Å²) < 4.78 is 11.2. The molecule has 4 nitrogen and oxygen atoms in total. The molecule has 0 aliphatic heterocycles. The van der Waals surface area contributed by atoms with Crippen molar-refractivity contribution >= 4 is 11.6 Å². The van der Waals surface area contributed by atoms with Crippen molar-refractivity contribution in [3.63, 3.8) is 0 Å². The van der Waals surface area contributed by atoms with E-state index in [1.807, 2.05) is 12.1 Å². The average molecular weight is 314 g/mol. The molecular formula is C16H24ClNO3. The van der Waals surface area contributed by atoms with Gasteiger partial charge in [0.15, 0.2) is 0 Å². The first-order chi connectivity index (χ1) is 10.2. The maximum absolute atomic E-state index is 9.83. The third kappa shape index (κ3) is 6.66. The number of hydrogen-bond donors (Lipinski definition) is 2. The minimum absolute atomic E-state index is 0.247. The summed E-state index contributed by atoms with van der Waals surface area (Å²) in [7, 11) is 0. The average Bonchev–Trinajstić information content (AvgIpc) is 2.98. The third-order valence-electron chi connectivity index (χ3n) is 3.55. The Morgan fingerprint density at radius 2 is 2.14 bits per heavy atom. The molecule has 1 unspecified atom stereocenters. The molecule has 0 bridgehead atoms. The van der Waals surface area contributed by atoms with Gasteiger partial charge < -0.3 is 19.9 Å². The highest BCUT2D eigenvalue weighted by Crippen LogP contribution is 2.20. The van der Waals surface area contributed by atoms with Gasteiger partial charge in [0.05, 0.1) is 12.7 Å². The number of hydrogen-bond acceptors (Lipinski definition) is 4. The van der Waals surface area contributed by atoms with Gasteiger partial charge in [0.25, 0.3) is 0 Å². The lowest BCUT2D eigenvalue weighted by Gasteiger charge is -2.14. The van der Waals surface area contributed by atoms with Crippen LogP contribution in [-0.2, 0) is 4.74 Å². The Morgan fingerprint density at radius 3 is 2.90 bits per heavy atom. The van der Waals surface area contributed by atoms with E-state index in [0.717, 1.165) is 6.54 Å². The molecule has 2 rings (SSSR count). The van der Waals surface area contributed by atoms with Gasteiger partial charge in [-0.05, 0) is 31.0 Å². The molecule has 0 heterocycles. The fourth-order valence-corrected chi connectivity index (χ4v) is 2.61. The minimum atomic E-state index is -0.546. The summed E-state index contributed by atoms with van der Waals surface area (Å²) in [6, 6.07) is 7.16. The number of rotatable bonds is 9. The quantitative estimate of drug-likeness (QED) is 0.688. The molecule has 118 valence electrons. The van der Waals surface area contributed by atoms with E-state index >= 15 is 0 Å². The van der Waals surface area contributed by atoms with E-state index in [0.29, 0.717) is 30.0 Å². The highest BCUT2D eigenvalue weighted by atomic mass is 35.5. The first kappa shape index (κ1) is 16.6. The lowest BCUT2D eigenvalue weighted by Crippen LogP contribution is -2.33. The Hall–Kier alpha value is -0.810. The summed E-state index contributed by atoms with van der Waals surface area (Å²) in [4.78, 5) is 0. The van der Waals surface area contributed by atoms with Crippen molar-refractivity contribution in [2.24, 2.45) is 0 Å². The van der Waals surface area contributed by atoms with Crippen LogP contribution in [0.25, 0.3) is 0 Å². The van der Waals surface area contributed by atoms with Crippen LogP contribution in [0.1, 0.15) is 25.7 Å². The Kier molecular flexibility index (Phi) is 7.30. The van der Waals surface area contributed by atoms with Crippen molar-refractivity contribution in [1.29, 1.82) is 0 Å². The maximum atomic E-state index is 9.83. The number of nitrogens with one attached hydrogen (secondary N) is 1. The number of aliphatic hydroxyl groups excluding tert-OH is 1. The molecule has 0 amide bonds. The second-order valence-electron chi connectivity index (χ2n) is 5.40. The smallest absolute Gasteiger partial charge is 0.120 e. The zero-order chi connectivity index (χ0) is 14.9. The number of halogens is 1. The van der Waals surface area contributed by atoms with Gasteiger partial charge in [0, 0.05) is 18.1 Å². The largest absolute Gasteiger partial charge is 0.491 e. The van der Waals surface area contributed by atoms with Crippen LogP contribution >= 0.6 is 11.6 Å². The van der Waals surface area contributed by atoms with E-state index < -0.39 is 6.10 Å². The van der Waals surface area contributed by atoms with Crippen LogP contribution in [0, 0.1) is 0 Å². The van der Waals surface area contributed by atoms with E-state index in [1.54, 1.807) is 12.1 Å². The molecule has 1 aromatic rings. The Morgan fingerprint density at radius 1 is 1.33 bits per heavy atom. The van der Waals surface area contributed by atoms with Gasteiger partial charge >= 0.3 is 0 Å². The van der Waals surface area contributed by atoms with Crippen molar-refractivity contribution in [2.75, 3.05) is 26.3 Å². The highest BCUT2D eigenvalue weighted by Gasteiger charge is 2.14. The molecule has 21 heavy (non-hydrogen) atoms. The van der Waals surface area contributed by atoms with Crippen LogP contribution < -0.4 is 10.1 Å². The van der Waals surface area contributed by atoms with Gasteiger partial charge in [-0.25, -0.2) is 0 Å². The molecule has 0 saturated heterocycles. The monoisotopic (exact) mass is 313 g/mol. The molecule has 0 radical (unpaired) electrons. The van der Waals surface area contributed by atoms with Crippen molar-refractivity contribution < 1.29 is 14.6 Å². The Bertz CT molecular complexity index is 410. The van der Waals surface area contributed by atoms with Crippen molar-refractivity contribution in [1.82, 2.24) is 5.32 Å². The van der Waals surface area contributed by atoms with Gasteiger partial charge in [-0.1, -0.05) is 30.5 Å². The second-order valence-corrected chi connectivity index (χ2v) is 5.84. The zero-order valence-electron chi connectivity index (χ0n) is 12.3. The van der Waals surface area contributed by atoms with E-state index in [1.165, 1.54) is 25.7 Å². The first-order valence-corrected chi connectivity index (χ1v) is 8.00. The summed E-state index contributed by atoms with van der Waals surface area (Å²) in [5.41, 5.74) is 0. The molecule has 1 fully saturated rings. The standard InChI is InChI=1S/C16H24ClNO3/c17-13-4-3-7-16(10-13)21-12-14(19)11-18-8-9-20-15-5-1-2-6-15/h3-4,7,10,14-15,18-19H,1-2,5-6,8-9,11-12H2. The summed E-state index contributed by atoms with van der Waals surface area (Å²) >= 11 is 5.86. The minimum Gasteiger partial charge on any atom is -0.491 e. The fraction of sp³-hybridized carbons (Fsp3) is 0.625. The lowest BCUT2D eigenvalue weighted by molar-refractivity contribution is 0.0563. The highest BCUT2D eigenvalue weighted by molar-refractivity contribution is 6.30. The molecule has 2 N–H and O–H groups in total. The van der Waals surface area contributed by atoms with Crippen molar-refractivity contribution in [3.05, 3.63) is 29.3 Å². The van der Waals surface area contributed by atoms with E-state index in [9.17, 15) is 5.11 Å².